The first kappa shape index (κ1) is 13.6. The van der Waals surface area contributed by atoms with Gasteiger partial charge in [-0.15, -0.1) is 0 Å². The fraction of sp³-hybridized carbons (Fsp3) is 0.500. The molecule has 0 aliphatic heterocycles. The Bertz CT molecular complexity index is 291. The second-order valence-electron chi connectivity index (χ2n) is 3.21. The lowest BCUT2D eigenvalue weighted by Gasteiger charge is -2.08. The number of hydrogen-bond acceptors (Lipinski definition) is 3. The highest BCUT2D eigenvalue weighted by Crippen LogP contribution is 2.19. The van der Waals surface area contributed by atoms with Crippen LogP contribution in [0.1, 0.15) is 6.42 Å². The minimum atomic E-state index is 0.670. The molecule has 0 radical (unpaired) electrons. The van der Waals surface area contributed by atoms with Crippen molar-refractivity contribution in [2.24, 2.45) is 0 Å². The molecule has 0 N–H and O–H groups in total. The third-order valence-electron chi connectivity index (χ3n) is 1.91. The maximum atomic E-state index is 5.57. The molecule has 16 heavy (non-hydrogen) atoms. The highest BCUT2D eigenvalue weighted by atomic mass is 127. The van der Waals surface area contributed by atoms with Crippen LogP contribution < -0.4 is 9.47 Å². The Labute approximate surface area is 110 Å². The third kappa shape index (κ3) is 5.55. The molecular weight excluding hydrogens is 319 g/mol. The van der Waals surface area contributed by atoms with E-state index in [1.54, 1.807) is 7.11 Å². The smallest absolute Gasteiger partial charge is 0.123 e. The fourth-order valence-corrected chi connectivity index (χ4v) is 1.42. The van der Waals surface area contributed by atoms with Crippen LogP contribution in [0.3, 0.4) is 0 Å². The normalized spacial score (nSPS) is 10.1. The van der Waals surface area contributed by atoms with Crippen LogP contribution in [-0.2, 0) is 4.74 Å². The molecule has 0 heterocycles. The second-order valence-corrected chi connectivity index (χ2v) is 4.29. The lowest BCUT2D eigenvalue weighted by molar-refractivity contribution is 0.172. The molecule has 0 amide bonds. The standard InChI is InChI=1S/C12H17IO3/c1-14-7-3-8-15-11-4-2-5-12(10-11)16-9-6-13/h2,4-5,10H,3,6-9H2,1H3. The summed E-state index contributed by atoms with van der Waals surface area (Å²) in [4.78, 5) is 0. The minimum Gasteiger partial charge on any atom is -0.493 e. The number of methoxy groups -OCH3 is 1. The van der Waals surface area contributed by atoms with Crippen LogP contribution in [-0.4, -0.2) is 31.4 Å². The van der Waals surface area contributed by atoms with Gasteiger partial charge in [0.15, 0.2) is 0 Å². The molecule has 90 valence electrons. The van der Waals surface area contributed by atoms with Crippen molar-refractivity contribution in [2.45, 2.75) is 6.42 Å². The lowest BCUT2D eigenvalue weighted by Crippen LogP contribution is -2.02. The number of alkyl halides is 1. The molecule has 0 aromatic heterocycles. The molecule has 1 rings (SSSR count). The predicted molar refractivity (Wildman–Crippen MR) is 72.8 cm³/mol. The van der Waals surface area contributed by atoms with E-state index in [-0.39, 0.29) is 0 Å². The number of ether oxygens (including phenoxy) is 3. The SMILES string of the molecule is COCCCOc1cccc(OCCI)c1. The van der Waals surface area contributed by atoms with E-state index in [1.165, 1.54) is 0 Å². The molecule has 3 nitrogen and oxygen atoms in total. The molecule has 1 aromatic rings. The number of halogens is 1. The van der Waals surface area contributed by atoms with Crippen molar-refractivity contribution < 1.29 is 14.2 Å². The summed E-state index contributed by atoms with van der Waals surface area (Å²) >= 11 is 2.28. The first-order valence-electron chi connectivity index (χ1n) is 5.27. The summed E-state index contributed by atoms with van der Waals surface area (Å²) in [6, 6.07) is 7.73. The van der Waals surface area contributed by atoms with Gasteiger partial charge in [0.2, 0.25) is 0 Å². The molecule has 0 unspecified atom stereocenters. The van der Waals surface area contributed by atoms with Crippen LogP contribution in [0.5, 0.6) is 11.5 Å². The number of rotatable bonds is 8. The van der Waals surface area contributed by atoms with E-state index in [9.17, 15) is 0 Å². The average Bonchev–Trinajstić information content (AvgIpc) is 2.33. The van der Waals surface area contributed by atoms with Crippen LogP contribution in [0.25, 0.3) is 0 Å². The van der Waals surface area contributed by atoms with E-state index in [0.717, 1.165) is 35.6 Å². The van der Waals surface area contributed by atoms with E-state index in [0.29, 0.717) is 6.61 Å². The van der Waals surface area contributed by atoms with Gasteiger partial charge in [0.25, 0.3) is 0 Å². The summed E-state index contributed by atoms with van der Waals surface area (Å²) in [6.45, 7) is 2.13. The van der Waals surface area contributed by atoms with Crippen LogP contribution in [0.2, 0.25) is 0 Å². The summed E-state index contributed by atoms with van der Waals surface area (Å²) in [6.07, 6.45) is 0.898. The van der Waals surface area contributed by atoms with Crippen molar-refractivity contribution in [3.8, 4) is 11.5 Å². The van der Waals surface area contributed by atoms with Crippen LogP contribution in [0.4, 0.5) is 0 Å². The Morgan fingerprint density at radius 3 is 2.38 bits per heavy atom. The molecule has 4 heteroatoms. The Kier molecular flexibility index (Phi) is 7.33. The molecule has 0 aliphatic rings. The van der Waals surface area contributed by atoms with Gasteiger partial charge in [-0.05, 0) is 12.1 Å². The highest BCUT2D eigenvalue weighted by Gasteiger charge is 1.97. The predicted octanol–water partition coefficient (Wildman–Crippen LogP) is 2.92. The molecule has 0 saturated carbocycles. The molecular formula is C12H17IO3. The van der Waals surface area contributed by atoms with Gasteiger partial charge in [-0.3, -0.25) is 0 Å². The zero-order valence-electron chi connectivity index (χ0n) is 9.45. The molecule has 0 bridgehead atoms. The Hall–Kier alpha value is -0.490. The van der Waals surface area contributed by atoms with Gasteiger partial charge in [0.1, 0.15) is 11.5 Å². The van der Waals surface area contributed by atoms with Gasteiger partial charge in [0.05, 0.1) is 13.2 Å². The molecule has 0 fully saturated rings. The van der Waals surface area contributed by atoms with Crippen LogP contribution in [0.15, 0.2) is 24.3 Å². The maximum absolute atomic E-state index is 5.57. The number of hydrogen-bond donors (Lipinski definition) is 0. The summed E-state index contributed by atoms with van der Waals surface area (Å²) < 4.78 is 17.0. The topological polar surface area (TPSA) is 27.7 Å². The quantitative estimate of drug-likeness (QED) is 0.415. The summed E-state index contributed by atoms with van der Waals surface area (Å²) in [5.74, 6) is 1.71. The van der Waals surface area contributed by atoms with Gasteiger partial charge in [-0.1, -0.05) is 28.7 Å². The second kappa shape index (κ2) is 8.64. The van der Waals surface area contributed by atoms with Gasteiger partial charge >= 0.3 is 0 Å². The fourth-order valence-electron chi connectivity index (χ4n) is 1.20. The van der Waals surface area contributed by atoms with Gasteiger partial charge in [0, 0.05) is 30.6 Å². The molecule has 0 aliphatic carbocycles. The van der Waals surface area contributed by atoms with E-state index < -0.39 is 0 Å². The Morgan fingerprint density at radius 1 is 1.06 bits per heavy atom. The Balaban J connectivity index is 2.35. The first-order valence-corrected chi connectivity index (χ1v) is 6.80. The van der Waals surface area contributed by atoms with Crippen molar-refractivity contribution in [3.63, 3.8) is 0 Å². The summed E-state index contributed by atoms with van der Waals surface area (Å²) in [7, 11) is 1.69. The molecule has 0 spiro atoms. The average molecular weight is 336 g/mol. The third-order valence-corrected chi connectivity index (χ3v) is 2.35. The molecule has 0 saturated heterocycles. The van der Waals surface area contributed by atoms with Crippen molar-refractivity contribution in [1.82, 2.24) is 0 Å². The number of benzene rings is 1. The van der Waals surface area contributed by atoms with Crippen molar-refractivity contribution in [3.05, 3.63) is 24.3 Å². The van der Waals surface area contributed by atoms with Crippen LogP contribution in [0, 0.1) is 0 Å². The lowest BCUT2D eigenvalue weighted by atomic mass is 10.3. The van der Waals surface area contributed by atoms with E-state index in [1.807, 2.05) is 24.3 Å². The van der Waals surface area contributed by atoms with E-state index in [4.69, 9.17) is 14.2 Å². The van der Waals surface area contributed by atoms with Crippen LogP contribution >= 0.6 is 22.6 Å². The van der Waals surface area contributed by atoms with Crippen molar-refractivity contribution in [1.29, 1.82) is 0 Å². The minimum absolute atomic E-state index is 0.670. The monoisotopic (exact) mass is 336 g/mol. The summed E-state index contributed by atoms with van der Waals surface area (Å²) in [5, 5.41) is 0. The molecule has 1 aromatic carbocycles. The molecule has 0 atom stereocenters. The highest BCUT2D eigenvalue weighted by molar-refractivity contribution is 14.1. The largest absolute Gasteiger partial charge is 0.493 e. The van der Waals surface area contributed by atoms with Gasteiger partial charge in [-0.25, -0.2) is 0 Å². The van der Waals surface area contributed by atoms with Crippen molar-refractivity contribution in [2.75, 3.05) is 31.4 Å². The van der Waals surface area contributed by atoms with E-state index in [2.05, 4.69) is 22.6 Å². The first-order chi connectivity index (χ1) is 7.86. The summed E-state index contributed by atoms with van der Waals surface area (Å²) in [5.41, 5.74) is 0. The van der Waals surface area contributed by atoms with Gasteiger partial charge in [-0.2, -0.15) is 0 Å². The zero-order chi connectivity index (χ0) is 11.6. The maximum Gasteiger partial charge on any atom is 0.123 e. The van der Waals surface area contributed by atoms with E-state index >= 15 is 0 Å². The van der Waals surface area contributed by atoms with Gasteiger partial charge < -0.3 is 14.2 Å². The van der Waals surface area contributed by atoms with Crippen molar-refractivity contribution >= 4 is 22.6 Å². The Morgan fingerprint density at radius 2 is 1.75 bits per heavy atom. The zero-order valence-corrected chi connectivity index (χ0v) is 11.6.